The van der Waals surface area contributed by atoms with E-state index in [4.69, 9.17) is 18.6 Å². The van der Waals surface area contributed by atoms with E-state index >= 15 is 0 Å². The quantitative estimate of drug-likeness (QED) is 0.254. The summed E-state index contributed by atoms with van der Waals surface area (Å²) in [6, 6.07) is 3.50. The Kier molecular flexibility index (Phi) is 6.97. The van der Waals surface area contributed by atoms with Crippen LogP contribution in [0.4, 0.5) is 0 Å². The predicted octanol–water partition coefficient (Wildman–Crippen LogP) is 3.18. The SMILES string of the molecule is CC[Si](CC)(CC)O[C@H](COCOC)C[C@]1(C)CO1. The maximum Gasteiger partial charge on any atom is 0.192 e. The standard InChI is InChI=1S/C14H30O4Si/c1-6-19(7-2,8-3)18-13(10-16-12-15-5)9-14(4)11-17-14/h13H,6-12H2,1-5H3/t13-,14+/m0/s1. The molecule has 0 radical (unpaired) electrons. The molecule has 114 valence electrons. The number of epoxide rings is 1. The first kappa shape index (κ1) is 17.1. The van der Waals surface area contributed by atoms with Gasteiger partial charge in [-0.1, -0.05) is 20.8 Å². The number of hydrogen-bond acceptors (Lipinski definition) is 4. The van der Waals surface area contributed by atoms with Gasteiger partial charge in [0.15, 0.2) is 8.32 Å². The van der Waals surface area contributed by atoms with Crippen LogP contribution in [0.3, 0.4) is 0 Å². The minimum absolute atomic E-state index is 0.0104. The second-order valence-corrected chi connectivity index (χ2v) is 10.4. The Hall–Kier alpha value is 0.0569. The zero-order valence-corrected chi connectivity index (χ0v) is 14.2. The molecule has 0 aromatic heterocycles. The van der Waals surface area contributed by atoms with E-state index in [1.807, 2.05) is 0 Å². The van der Waals surface area contributed by atoms with Gasteiger partial charge >= 0.3 is 0 Å². The molecule has 0 N–H and O–H groups in total. The Balaban J connectivity index is 2.55. The van der Waals surface area contributed by atoms with E-state index in [0.717, 1.165) is 13.0 Å². The van der Waals surface area contributed by atoms with Crippen LogP contribution in [0, 0.1) is 0 Å². The first-order chi connectivity index (χ1) is 9.03. The predicted molar refractivity (Wildman–Crippen MR) is 78.9 cm³/mol. The summed E-state index contributed by atoms with van der Waals surface area (Å²) in [5.41, 5.74) is 0.0104. The lowest BCUT2D eigenvalue weighted by molar-refractivity contribution is -0.0625. The van der Waals surface area contributed by atoms with Crippen molar-refractivity contribution >= 4 is 8.32 Å². The molecule has 1 saturated heterocycles. The molecule has 0 aliphatic carbocycles. The Morgan fingerprint density at radius 3 is 2.21 bits per heavy atom. The highest BCUT2D eigenvalue weighted by Crippen LogP contribution is 2.34. The first-order valence-electron chi connectivity index (χ1n) is 7.41. The number of ether oxygens (including phenoxy) is 3. The highest BCUT2D eigenvalue weighted by molar-refractivity contribution is 6.73. The summed E-state index contributed by atoms with van der Waals surface area (Å²) in [6.45, 7) is 10.7. The molecule has 2 atom stereocenters. The zero-order chi connectivity index (χ0) is 14.4. The Morgan fingerprint density at radius 1 is 1.21 bits per heavy atom. The van der Waals surface area contributed by atoms with Crippen molar-refractivity contribution in [3.63, 3.8) is 0 Å². The molecule has 1 aliphatic heterocycles. The normalized spacial score (nSPS) is 24.5. The molecule has 1 heterocycles. The van der Waals surface area contributed by atoms with Crippen LogP contribution in [0.1, 0.15) is 34.1 Å². The van der Waals surface area contributed by atoms with Gasteiger partial charge in [0.05, 0.1) is 24.9 Å². The van der Waals surface area contributed by atoms with E-state index in [2.05, 4.69) is 27.7 Å². The summed E-state index contributed by atoms with van der Waals surface area (Å²) < 4.78 is 22.5. The van der Waals surface area contributed by atoms with Crippen LogP contribution in [0.15, 0.2) is 0 Å². The molecular formula is C14H30O4Si. The van der Waals surface area contributed by atoms with Crippen LogP contribution in [-0.4, -0.2) is 47.1 Å². The molecule has 0 aromatic carbocycles. The topological polar surface area (TPSA) is 40.2 Å². The van der Waals surface area contributed by atoms with Gasteiger partial charge in [-0.15, -0.1) is 0 Å². The number of hydrogen-bond donors (Lipinski definition) is 0. The van der Waals surface area contributed by atoms with Crippen molar-refractivity contribution in [3.8, 4) is 0 Å². The molecule has 5 heteroatoms. The summed E-state index contributed by atoms with van der Waals surface area (Å²) in [4.78, 5) is 0. The fourth-order valence-corrected chi connectivity index (χ4v) is 5.33. The van der Waals surface area contributed by atoms with E-state index in [1.54, 1.807) is 7.11 Å². The van der Waals surface area contributed by atoms with Gasteiger partial charge in [0, 0.05) is 13.5 Å². The van der Waals surface area contributed by atoms with Crippen LogP contribution in [0.5, 0.6) is 0 Å². The van der Waals surface area contributed by atoms with E-state index in [9.17, 15) is 0 Å². The molecule has 1 fully saturated rings. The second-order valence-electron chi connectivity index (χ2n) is 5.70. The van der Waals surface area contributed by atoms with Crippen molar-refractivity contribution in [1.82, 2.24) is 0 Å². The average molecular weight is 290 g/mol. The summed E-state index contributed by atoms with van der Waals surface area (Å²) in [7, 11) is 0.0542. The maximum atomic E-state index is 6.53. The lowest BCUT2D eigenvalue weighted by Gasteiger charge is -2.33. The molecule has 4 nitrogen and oxygen atoms in total. The minimum Gasteiger partial charge on any atom is -0.411 e. The summed E-state index contributed by atoms with van der Waals surface area (Å²) in [5, 5.41) is 0. The van der Waals surface area contributed by atoms with Crippen molar-refractivity contribution in [3.05, 3.63) is 0 Å². The van der Waals surface area contributed by atoms with Crippen molar-refractivity contribution in [1.29, 1.82) is 0 Å². The molecule has 0 aromatic rings. The van der Waals surface area contributed by atoms with E-state index < -0.39 is 8.32 Å². The Morgan fingerprint density at radius 2 is 1.79 bits per heavy atom. The van der Waals surface area contributed by atoms with Crippen LogP contribution >= 0.6 is 0 Å². The van der Waals surface area contributed by atoms with Gasteiger partial charge in [0.1, 0.15) is 6.79 Å². The largest absolute Gasteiger partial charge is 0.411 e. The molecule has 0 saturated carbocycles. The number of rotatable bonds is 11. The molecule has 1 rings (SSSR count). The van der Waals surface area contributed by atoms with Crippen LogP contribution in [0.25, 0.3) is 0 Å². The van der Waals surface area contributed by atoms with Gasteiger partial charge in [0.2, 0.25) is 0 Å². The Labute approximate surface area is 118 Å². The van der Waals surface area contributed by atoms with Crippen molar-refractivity contribution in [2.75, 3.05) is 27.1 Å². The van der Waals surface area contributed by atoms with Crippen molar-refractivity contribution < 1.29 is 18.6 Å². The van der Waals surface area contributed by atoms with E-state index in [-0.39, 0.29) is 11.7 Å². The van der Waals surface area contributed by atoms with Crippen molar-refractivity contribution in [2.45, 2.75) is 64.0 Å². The minimum atomic E-state index is -1.59. The highest BCUT2D eigenvalue weighted by Gasteiger charge is 2.43. The molecular weight excluding hydrogens is 260 g/mol. The third-order valence-corrected chi connectivity index (χ3v) is 8.85. The van der Waals surface area contributed by atoms with Gasteiger partial charge in [-0.2, -0.15) is 0 Å². The highest BCUT2D eigenvalue weighted by atomic mass is 28.4. The van der Waals surface area contributed by atoms with Gasteiger partial charge in [-0.25, -0.2) is 0 Å². The van der Waals surface area contributed by atoms with E-state index in [1.165, 1.54) is 18.1 Å². The average Bonchev–Trinajstić information content (AvgIpc) is 3.14. The monoisotopic (exact) mass is 290 g/mol. The van der Waals surface area contributed by atoms with Crippen LogP contribution in [0.2, 0.25) is 18.1 Å². The van der Waals surface area contributed by atoms with Gasteiger partial charge < -0.3 is 18.6 Å². The smallest absolute Gasteiger partial charge is 0.192 e. The lowest BCUT2D eigenvalue weighted by Crippen LogP contribution is -2.42. The third kappa shape index (κ3) is 5.51. The van der Waals surface area contributed by atoms with Crippen LogP contribution in [-0.2, 0) is 18.6 Å². The fourth-order valence-electron chi connectivity index (χ4n) is 2.47. The lowest BCUT2D eigenvalue weighted by atomic mass is 10.1. The van der Waals surface area contributed by atoms with E-state index in [0.29, 0.717) is 13.4 Å². The van der Waals surface area contributed by atoms with Gasteiger partial charge in [-0.3, -0.25) is 0 Å². The molecule has 0 unspecified atom stereocenters. The second kappa shape index (κ2) is 7.74. The fraction of sp³-hybridized carbons (Fsp3) is 1.00. The molecule has 19 heavy (non-hydrogen) atoms. The first-order valence-corrected chi connectivity index (χ1v) is 9.94. The maximum absolute atomic E-state index is 6.53. The van der Waals surface area contributed by atoms with Crippen molar-refractivity contribution in [2.24, 2.45) is 0 Å². The Bertz CT molecular complexity index is 244. The molecule has 1 aliphatic rings. The van der Waals surface area contributed by atoms with Gasteiger partial charge in [0.25, 0.3) is 0 Å². The van der Waals surface area contributed by atoms with Crippen LogP contribution < -0.4 is 0 Å². The summed E-state index contributed by atoms with van der Waals surface area (Å²) in [5.74, 6) is 0. The summed E-state index contributed by atoms with van der Waals surface area (Å²) in [6.07, 6.45) is 1.06. The zero-order valence-electron chi connectivity index (χ0n) is 13.2. The molecule has 0 spiro atoms. The number of methoxy groups -OCH3 is 1. The van der Waals surface area contributed by atoms with Gasteiger partial charge in [-0.05, 0) is 25.1 Å². The molecule has 0 amide bonds. The third-order valence-electron chi connectivity index (χ3n) is 4.15. The summed E-state index contributed by atoms with van der Waals surface area (Å²) >= 11 is 0. The molecule has 0 bridgehead atoms.